The number of benzene rings is 2. The first-order valence-electron chi connectivity index (χ1n) is 9.93. The first-order chi connectivity index (χ1) is 12.7. The fourth-order valence-corrected chi connectivity index (χ4v) is 2.84. The van der Waals surface area contributed by atoms with E-state index in [9.17, 15) is 0 Å². The van der Waals surface area contributed by atoms with Gasteiger partial charge in [0.25, 0.3) is 0 Å². The minimum absolute atomic E-state index is 1.11. The zero-order chi connectivity index (χ0) is 19.4. The molecule has 0 saturated heterocycles. The Morgan fingerprint density at radius 2 is 1.38 bits per heavy atom. The summed E-state index contributed by atoms with van der Waals surface area (Å²) in [5, 5.41) is 0. The second-order valence-corrected chi connectivity index (χ2v) is 5.99. The van der Waals surface area contributed by atoms with Gasteiger partial charge in [0.05, 0.1) is 0 Å². The van der Waals surface area contributed by atoms with Crippen LogP contribution in [-0.2, 0) is 0 Å². The van der Waals surface area contributed by atoms with Crippen LogP contribution in [0.15, 0.2) is 78.4 Å². The van der Waals surface area contributed by atoms with Gasteiger partial charge >= 0.3 is 0 Å². The molecule has 0 unspecified atom stereocenters. The van der Waals surface area contributed by atoms with E-state index in [1.165, 1.54) is 33.4 Å². The Morgan fingerprint density at radius 3 is 1.92 bits per heavy atom. The molecule has 1 aliphatic rings. The van der Waals surface area contributed by atoms with Gasteiger partial charge in [0, 0.05) is 0 Å². The number of rotatable bonds is 3. The summed E-state index contributed by atoms with van der Waals surface area (Å²) in [6, 6.07) is 19.4. The van der Waals surface area contributed by atoms with Crippen molar-refractivity contribution in [1.82, 2.24) is 0 Å². The second-order valence-electron chi connectivity index (χ2n) is 5.99. The highest BCUT2D eigenvalue weighted by Gasteiger charge is 2.07. The second kappa shape index (κ2) is 12.1. The largest absolute Gasteiger partial charge is 0.0683 e. The zero-order valence-corrected chi connectivity index (χ0v) is 17.3. The lowest BCUT2D eigenvalue weighted by Gasteiger charge is -2.14. The van der Waals surface area contributed by atoms with Crippen LogP contribution in [-0.4, -0.2) is 0 Å². The molecule has 0 spiro atoms. The average Bonchev–Trinajstić information content (AvgIpc) is 2.73. The summed E-state index contributed by atoms with van der Waals surface area (Å²) in [7, 11) is 0. The van der Waals surface area contributed by atoms with Crippen molar-refractivity contribution in [2.75, 3.05) is 0 Å². The summed E-state index contributed by atoms with van der Waals surface area (Å²) >= 11 is 0. The van der Waals surface area contributed by atoms with Crippen molar-refractivity contribution in [3.05, 3.63) is 95.1 Å². The third kappa shape index (κ3) is 6.52. The molecular weight excluding hydrogens is 312 g/mol. The molecule has 0 N–H and O–H groups in total. The molecule has 0 radical (unpaired) electrons. The van der Waals surface area contributed by atoms with Gasteiger partial charge in [-0.3, -0.25) is 0 Å². The van der Waals surface area contributed by atoms with Crippen LogP contribution in [0.4, 0.5) is 0 Å². The molecule has 0 fully saturated rings. The highest BCUT2D eigenvalue weighted by atomic mass is 14.1. The molecule has 138 valence electrons. The standard InChI is InChI=1S/C22H22.2C2H6/c1-17-8-12-21(13-9-17)22-14-10-19(11-15-22)16-18(2)20-6-4-3-5-7-20;2*1-2/h3-10,12-14,16H,11,15H2,1-2H3;2*1-2H3/b18-16-;;. The Labute approximate surface area is 161 Å². The zero-order valence-electron chi connectivity index (χ0n) is 17.3. The third-order valence-electron chi connectivity index (χ3n) is 4.23. The van der Waals surface area contributed by atoms with Crippen LogP contribution in [0.1, 0.15) is 64.2 Å². The van der Waals surface area contributed by atoms with Crippen molar-refractivity contribution >= 4 is 11.1 Å². The molecule has 3 rings (SSSR count). The molecule has 2 aromatic carbocycles. The summed E-state index contributed by atoms with van der Waals surface area (Å²) < 4.78 is 0. The van der Waals surface area contributed by atoms with Crippen LogP contribution in [0.5, 0.6) is 0 Å². The first kappa shape index (κ1) is 21.7. The van der Waals surface area contributed by atoms with E-state index in [-0.39, 0.29) is 0 Å². The van der Waals surface area contributed by atoms with E-state index in [2.05, 4.69) is 86.7 Å². The van der Waals surface area contributed by atoms with Crippen molar-refractivity contribution in [2.24, 2.45) is 0 Å². The summed E-state index contributed by atoms with van der Waals surface area (Å²) in [6.07, 6.45) is 9.10. The van der Waals surface area contributed by atoms with Crippen molar-refractivity contribution in [1.29, 1.82) is 0 Å². The molecule has 0 bridgehead atoms. The van der Waals surface area contributed by atoms with E-state index in [0.29, 0.717) is 0 Å². The van der Waals surface area contributed by atoms with Gasteiger partial charge in [-0.25, -0.2) is 0 Å². The summed E-state index contributed by atoms with van der Waals surface area (Å²) in [6.45, 7) is 12.3. The third-order valence-corrected chi connectivity index (χ3v) is 4.23. The molecule has 1 aliphatic carbocycles. The lowest BCUT2D eigenvalue weighted by molar-refractivity contribution is 1.01. The fraction of sp³-hybridized carbons (Fsp3) is 0.308. The Balaban J connectivity index is 0.000000791. The van der Waals surface area contributed by atoms with Gasteiger partial charge in [-0.05, 0) is 54.5 Å². The molecule has 0 heteroatoms. The van der Waals surface area contributed by atoms with Gasteiger partial charge in [0.15, 0.2) is 0 Å². The molecule has 2 aromatic rings. The molecule has 0 atom stereocenters. The van der Waals surface area contributed by atoms with Gasteiger partial charge in [-0.2, -0.15) is 0 Å². The first-order valence-corrected chi connectivity index (χ1v) is 9.93. The van der Waals surface area contributed by atoms with Crippen molar-refractivity contribution in [3.8, 4) is 0 Å². The molecule has 26 heavy (non-hydrogen) atoms. The summed E-state index contributed by atoms with van der Waals surface area (Å²) in [4.78, 5) is 0. The molecular formula is C26H34. The van der Waals surface area contributed by atoms with Gasteiger partial charge < -0.3 is 0 Å². The minimum atomic E-state index is 1.11. The monoisotopic (exact) mass is 346 g/mol. The lowest BCUT2D eigenvalue weighted by atomic mass is 9.91. The van der Waals surface area contributed by atoms with Gasteiger partial charge in [-0.15, -0.1) is 0 Å². The lowest BCUT2D eigenvalue weighted by Crippen LogP contribution is -1.93. The maximum atomic E-state index is 2.32. The van der Waals surface area contributed by atoms with E-state index in [0.717, 1.165) is 12.8 Å². The maximum Gasteiger partial charge on any atom is -0.0224 e. The van der Waals surface area contributed by atoms with Crippen LogP contribution in [0.3, 0.4) is 0 Å². The molecule has 0 saturated carbocycles. The maximum absolute atomic E-state index is 2.32. The Hall–Kier alpha value is -2.34. The van der Waals surface area contributed by atoms with Crippen molar-refractivity contribution in [2.45, 2.75) is 54.4 Å². The van der Waals surface area contributed by atoms with Crippen molar-refractivity contribution < 1.29 is 0 Å². The summed E-state index contributed by atoms with van der Waals surface area (Å²) in [5.74, 6) is 0. The molecule has 0 heterocycles. The molecule has 0 aliphatic heterocycles. The highest BCUT2D eigenvalue weighted by molar-refractivity contribution is 5.71. The predicted molar refractivity (Wildman–Crippen MR) is 119 cm³/mol. The average molecular weight is 347 g/mol. The van der Waals surface area contributed by atoms with Crippen LogP contribution in [0, 0.1) is 6.92 Å². The highest BCUT2D eigenvalue weighted by Crippen LogP contribution is 2.29. The number of allylic oxidation sites excluding steroid dienone is 6. The Bertz CT molecular complexity index is 725. The molecule has 0 aromatic heterocycles. The number of aryl methyl sites for hydroxylation is 1. The van der Waals surface area contributed by atoms with E-state index in [1.807, 2.05) is 27.7 Å². The molecule has 0 amide bonds. The van der Waals surface area contributed by atoms with E-state index >= 15 is 0 Å². The number of hydrogen-bond donors (Lipinski definition) is 0. The van der Waals surface area contributed by atoms with E-state index in [1.54, 1.807) is 0 Å². The fourth-order valence-electron chi connectivity index (χ4n) is 2.84. The quantitative estimate of drug-likeness (QED) is 0.524. The van der Waals surface area contributed by atoms with E-state index < -0.39 is 0 Å². The Morgan fingerprint density at radius 1 is 0.769 bits per heavy atom. The van der Waals surface area contributed by atoms with Crippen LogP contribution in [0.2, 0.25) is 0 Å². The summed E-state index contributed by atoms with van der Waals surface area (Å²) in [5.41, 5.74) is 8.16. The number of hydrogen-bond acceptors (Lipinski definition) is 0. The van der Waals surface area contributed by atoms with Gasteiger partial charge in [0.1, 0.15) is 0 Å². The normalized spacial score (nSPS) is 13.4. The smallest absolute Gasteiger partial charge is 0.0224 e. The van der Waals surface area contributed by atoms with E-state index in [4.69, 9.17) is 0 Å². The van der Waals surface area contributed by atoms with Crippen LogP contribution < -0.4 is 0 Å². The van der Waals surface area contributed by atoms with Gasteiger partial charge in [0.2, 0.25) is 0 Å². The SMILES string of the molecule is C/C(=C/C1=CC=C(c2ccc(C)cc2)CC1)c1ccccc1.CC.CC. The van der Waals surface area contributed by atoms with Crippen molar-refractivity contribution in [3.63, 3.8) is 0 Å². The topological polar surface area (TPSA) is 0 Å². The Kier molecular flexibility index (Phi) is 10.1. The molecule has 0 nitrogen and oxygen atoms in total. The van der Waals surface area contributed by atoms with Crippen LogP contribution in [0.25, 0.3) is 11.1 Å². The van der Waals surface area contributed by atoms with Crippen LogP contribution >= 0.6 is 0 Å². The van der Waals surface area contributed by atoms with Gasteiger partial charge in [-0.1, -0.05) is 106 Å². The predicted octanol–water partition coefficient (Wildman–Crippen LogP) is 8.25. The minimum Gasteiger partial charge on any atom is -0.0683 e.